The number of benzene rings is 2. The van der Waals surface area contributed by atoms with Crippen molar-refractivity contribution in [2.75, 3.05) is 0 Å². The molecule has 0 fully saturated rings. The maximum atomic E-state index is 11.0. The number of carbonyl (C=O) groups excluding carboxylic acids is 2. The second-order valence-electron chi connectivity index (χ2n) is 6.57. The molecule has 2 aromatic carbocycles. The second kappa shape index (κ2) is 9.18. The Balaban J connectivity index is 2.04. The lowest BCUT2D eigenvalue weighted by Gasteiger charge is -2.21. The van der Waals surface area contributed by atoms with Gasteiger partial charge in [0.1, 0.15) is 11.5 Å². The molecule has 26 heavy (non-hydrogen) atoms. The van der Waals surface area contributed by atoms with Gasteiger partial charge in [0.25, 0.3) is 0 Å². The van der Waals surface area contributed by atoms with Gasteiger partial charge >= 0.3 is 11.9 Å². The Morgan fingerprint density at radius 2 is 1.23 bits per heavy atom. The molecule has 2 rings (SSSR count). The van der Waals surface area contributed by atoms with Gasteiger partial charge in [-0.1, -0.05) is 38.1 Å². The van der Waals surface area contributed by atoms with E-state index in [0.717, 1.165) is 12.8 Å². The van der Waals surface area contributed by atoms with E-state index >= 15 is 0 Å². The second-order valence-corrected chi connectivity index (χ2v) is 6.57. The molecule has 0 spiro atoms. The molecular formula is C22H26O4. The summed E-state index contributed by atoms with van der Waals surface area (Å²) in [5.41, 5.74) is 2.46. The fraction of sp³-hybridized carbons (Fsp3) is 0.364. The van der Waals surface area contributed by atoms with E-state index in [9.17, 15) is 9.59 Å². The van der Waals surface area contributed by atoms with Crippen molar-refractivity contribution < 1.29 is 19.1 Å². The maximum Gasteiger partial charge on any atom is 0.308 e. The van der Waals surface area contributed by atoms with Gasteiger partial charge in [-0.05, 0) is 60.1 Å². The number of rotatable bonds is 7. The Morgan fingerprint density at radius 1 is 0.808 bits per heavy atom. The van der Waals surface area contributed by atoms with Crippen LogP contribution in [0.3, 0.4) is 0 Å². The van der Waals surface area contributed by atoms with Gasteiger partial charge in [0.05, 0.1) is 0 Å². The Labute approximate surface area is 155 Å². The Hall–Kier alpha value is -2.62. The number of esters is 2. The zero-order chi connectivity index (χ0) is 19.1. The Morgan fingerprint density at radius 3 is 1.62 bits per heavy atom. The monoisotopic (exact) mass is 354 g/mol. The standard InChI is InChI=1S/C22H26O4/c1-5-18(20-8-12-22(13-9-20)26-17(4)24)14-15(2)19-6-10-21(11-7-19)25-16(3)23/h6-13,15,18H,5,14H2,1-4H3. The molecule has 138 valence electrons. The van der Waals surface area contributed by atoms with Gasteiger partial charge in [0.2, 0.25) is 0 Å². The van der Waals surface area contributed by atoms with Gasteiger partial charge in [0, 0.05) is 13.8 Å². The van der Waals surface area contributed by atoms with Crippen molar-refractivity contribution in [3.63, 3.8) is 0 Å². The molecule has 0 N–H and O–H groups in total. The Bertz CT molecular complexity index is 732. The predicted octanol–water partition coefficient (Wildman–Crippen LogP) is 5.22. The van der Waals surface area contributed by atoms with Gasteiger partial charge in [-0.3, -0.25) is 9.59 Å². The molecule has 2 aromatic rings. The van der Waals surface area contributed by atoms with Crippen molar-refractivity contribution in [1.82, 2.24) is 0 Å². The van der Waals surface area contributed by atoms with Gasteiger partial charge in [-0.2, -0.15) is 0 Å². The van der Waals surface area contributed by atoms with Crippen LogP contribution in [0.5, 0.6) is 11.5 Å². The minimum Gasteiger partial charge on any atom is -0.427 e. The predicted molar refractivity (Wildman–Crippen MR) is 102 cm³/mol. The quantitative estimate of drug-likeness (QED) is 0.505. The summed E-state index contributed by atoms with van der Waals surface area (Å²) in [6.07, 6.45) is 2.04. The highest BCUT2D eigenvalue weighted by atomic mass is 16.5. The molecule has 0 aromatic heterocycles. The molecule has 0 radical (unpaired) electrons. The first-order chi connectivity index (χ1) is 12.4. The highest BCUT2D eigenvalue weighted by Gasteiger charge is 2.16. The molecule has 0 bridgehead atoms. The van der Waals surface area contributed by atoms with E-state index in [4.69, 9.17) is 9.47 Å². The van der Waals surface area contributed by atoms with E-state index in [-0.39, 0.29) is 11.9 Å². The van der Waals surface area contributed by atoms with Crippen LogP contribution in [-0.4, -0.2) is 11.9 Å². The van der Waals surface area contributed by atoms with Crippen molar-refractivity contribution in [3.8, 4) is 11.5 Å². The maximum absolute atomic E-state index is 11.0. The van der Waals surface area contributed by atoms with Gasteiger partial charge in [-0.25, -0.2) is 0 Å². The van der Waals surface area contributed by atoms with Crippen LogP contribution in [0.1, 0.15) is 63.5 Å². The minimum absolute atomic E-state index is 0.310. The molecular weight excluding hydrogens is 328 g/mol. The molecule has 0 saturated heterocycles. The zero-order valence-corrected chi connectivity index (χ0v) is 15.8. The lowest BCUT2D eigenvalue weighted by molar-refractivity contribution is -0.132. The van der Waals surface area contributed by atoms with Crippen LogP contribution in [0.2, 0.25) is 0 Å². The van der Waals surface area contributed by atoms with Crippen LogP contribution in [0.25, 0.3) is 0 Å². The first-order valence-corrected chi connectivity index (χ1v) is 8.95. The van der Waals surface area contributed by atoms with Crippen LogP contribution < -0.4 is 9.47 Å². The molecule has 0 aliphatic heterocycles. The summed E-state index contributed by atoms with van der Waals surface area (Å²) in [5.74, 6) is 1.32. The lowest BCUT2D eigenvalue weighted by atomic mass is 9.84. The molecule has 0 amide bonds. The van der Waals surface area contributed by atoms with E-state index in [1.165, 1.54) is 25.0 Å². The van der Waals surface area contributed by atoms with Crippen molar-refractivity contribution in [3.05, 3.63) is 59.7 Å². The van der Waals surface area contributed by atoms with Crippen molar-refractivity contribution in [1.29, 1.82) is 0 Å². The molecule has 2 unspecified atom stereocenters. The molecule has 0 aliphatic carbocycles. The minimum atomic E-state index is -0.311. The first kappa shape index (κ1) is 19.7. The summed E-state index contributed by atoms with van der Waals surface area (Å²) in [6, 6.07) is 15.4. The third-order valence-corrected chi connectivity index (χ3v) is 4.45. The topological polar surface area (TPSA) is 52.6 Å². The normalized spacial score (nSPS) is 12.9. The van der Waals surface area contributed by atoms with Crippen LogP contribution in [0, 0.1) is 0 Å². The summed E-state index contributed by atoms with van der Waals surface area (Å²) in [6.45, 7) is 7.18. The summed E-state index contributed by atoms with van der Waals surface area (Å²) < 4.78 is 10.2. The van der Waals surface area contributed by atoms with Crippen LogP contribution in [0.4, 0.5) is 0 Å². The van der Waals surface area contributed by atoms with E-state index in [2.05, 4.69) is 13.8 Å². The molecule has 4 heteroatoms. The molecule has 2 atom stereocenters. The third kappa shape index (κ3) is 5.73. The first-order valence-electron chi connectivity index (χ1n) is 8.95. The fourth-order valence-corrected chi connectivity index (χ4v) is 3.11. The number of ether oxygens (including phenoxy) is 2. The van der Waals surface area contributed by atoms with Gasteiger partial charge < -0.3 is 9.47 Å². The van der Waals surface area contributed by atoms with E-state index in [1.54, 1.807) is 0 Å². The van der Waals surface area contributed by atoms with Crippen molar-refractivity contribution in [2.45, 2.75) is 52.4 Å². The van der Waals surface area contributed by atoms with Crippen molar-refractivity contribution >= 4 is 11.9 Å². The van der Waals surface area contributed by atoms with E-state index in [1.807, 2.05) is 48.5 Å². The highest BCUT2D eigenvalue weighted by Crippen LogP contribution is 2.33. The molecule has 0 aliphatic rings. The van der Waals surface area contributed by atoms with E-state index in [0.29, 0.717) is 23.3 Å². The molecule has 0 saturated carbocycles. The lowest BCUT2D eigenvalue weighted by Crippen LogP contribution is -2.05. The third-order valence-electron chi connectivity index (χ3n) is 4.45. The van der Waals surface area contributed by atoms with E-state index < -0.39 is 0 Å². The smallest absolute Gasteiger partial charge is 0.308 e. The summed E-state index contributed by atoms with van der Waals surface area (Å²) in [4.78, 5) is 22.0. The largest absolute Gasteiger partial charge is 0.427 e. The SMILES string of the molecule is CCC(CC(C)c1ccc(OC(C)=O)cc1)c1ccc(OC(C)=O)cc1. The van der Waals surface area contributed by atoms with Crippen molar-refractivity contribution in [2.24, 2.45) is 0 Å². The molecule has 4 nitrogen and oxygen atoms in total. The van der Waals surface area contributed by atoms with Gasteiger partial charge in [0.15, 0.2) is 0 Å². The number of carbonyl (C=O) groups is 2. The summed E-state index contributed by atoms with van der Waals surface area (Å²) in [5, 5.41) is 0. The summed E-state index contributed by atoms with van der Waals surface area (Å²) in [7, 11) is 0. The molecule has 0 heterocycles. The Kier molecular flexibility index (Phi) is 6.96. The van der Waals surface area contributed by atoms with Crippen LogP contribution in [-0.2, 0) is 9.59 Å². The highest BCUT2D eigenvalue weighted by molar-refractivity contribution is 5.69. The van der Waals surface area contributed by atoms with Crippen LogP contribution in [0.15, 0.2) is 48.5 Å². The number of hydrogen-bond acceptors (Lipinski definition) is 4. The van der Waals surface area contributed by atoms with Gasteiger partial charge in [-0.15, -0.1) is 0 Å². The summed E-state index contributed by atoms with van der Waals surface area (Å²) >= 11 is 0. The average Bonchev–Trinajstić information content (AvgIpc) is 2.60. The average molecular weight is 354 g/mol. The fourth-order valence-electron chi connectivity index (χ4n) is 3.11. The zero-order valence-electron chi connectivity index (χ0n) is 15.8. The number of hydrogen-bond donors (Lipinski definition) is 0. The van der Waals surface area contributed by atoms with Crippen LogP contribution >= 0.6 is 0 Å².